The van der Waals surface area contributed by atoms with Gasteiger partial charge in [0.25, 0.3) is 0 Å². The van der Waals surface area contributed by atoms with Crippen molar-refractivity contribution < 1.29 is 9.59 Å². The second-order valence-electron chi connectivity index (χ2n) is 2.01. The fourth-order valence-corrected chi connectivity index (χ4v) is 0.440. The molecule has 5 heteroatoms. The minimum Gasteiger partial charge on any atom is -0.370 e. The van der Waals surface area contributed by atoms with Crippen LogP contribution in [0.5, 0.6) is 0 Å². The molecule has 0 unspecified atom stereocenters. The van der Waals surface area contributed by atoms with Crippen LogP contribution >= 0.6 is 0 Å². The Morgan fingerprint density at radius 1 is 1.30 bits per heavy atom. The van der Waals surface area contributed by atoms with Gasteiger partial charge in [-0.1, -0.05) is 0 Å². The summed E-state index contributed by atoms with van der Waals surface area (Å²) < 4.78 is 0. The normalized spacial score (nSPS) is 12.5. The molecule has 58 valence electrons. The zero-order valence-corrected chi connectivity index (χ0v) is 5.54. The second kappa shape index (κ2) is 3.84. The largest absolute Gasteiger partial charge is 0.370 e. The molecule has 0 radical (unpaired) electrons. The summed E-state index contributed by atoms with van der Waals surface area (Å²) >= 11 is 0. The van der Waals surface area contributed by atoms with E-state index in [1.54, 1.807) is 0 Å². The van der Waals surface area contributed by atoms with Crippen molar-refractivity contribution in [3.8, 4) is 0 Å². The molecule has 0 bridgehead atoms. The van der Waals surface area contributed by atoms with Crippen molar-refractivity contribution in [2.24, 2.45) is 17.2 Å². The highest BCUT2D eigenvalue weighted by molar-refractivity contribution is 5.81. The van der Waals surface area contributed by atoms with Crippen LogP contribution in [0.3, 0.4) is 0 Å². The molecule has 0 rings (SSSR count). The van der Waals surface area contributed by atoms with E-state index >= 15 is 0 Å². The summed E-state index contributed by atoms with van der Waals surface area (Å²) in [7, 11) is 0. The van der Waals surface area contributed by atoms with Gasteiger partial charge in [-0.3, -0.25) is 9.59 Å². The molecule has 0 aliphatic heterocycles. The first-order valence-corrected chi connectivity index (χ1v) is 2.87. The molecule has 5 nitrogen and oxygen atoms in total. The smallest absolute Gasteiger partial charge is 0.234 e. The Morgan fingerprint density at radius 3 is 2.10 bits per heavy atom. The lowest BCUT2D eigenvalue weighted by Gasteiger charge is -2.03. The van der Waals surface area contributed by atoms with Gasteiger partial charge in [-0.2, -0.15) is 0 Å². The number of primary amides is 2. The molecule has 0 aromatic rings. The summed E-state index contributed by atoms with van der Waals surface area (Å²) in [6, 6.07) is -0.757. The molecule has 0 aliphatic carbocycles. The van der Waals surface area contributed by atoms with Crippen LogP contribution in [0.15, 0.2) is 0 Å². The number of hydrogen-bond donors (Lipinski definition) is 3. The SMILES string of the molecule is NC(=O)CC[C@H](N)C(N)=O. The van der Waals surface area contributed by atoms with E-state index in [2.05, 4.69) is 0 Å². The van der Waals surface area contributed by atoms with Gasteiger partial charge in [0.05, 0.1) is 6.04 Å². The fourth-order valence-electron chi connectivity index (χ4n) is 0.440. The maximum absolute atomic E-state index is 10.3. The molecule has 10 heavy (non-hydrogen) atoms. The molecule has 0 aromatic carbocycles. The standard InChI is InChI=1S/C5H11N3O2/c6-3(5(8)10)1-2-4(7)9/h3H,1-2,6H2,(H2,7,9)(H2,8,10)/t3-/m0/s1. The number of carbonyl (C=O) groups excluding carboxylic acids is 2. The van der Waals surface area contributed by atoms with Gasteiger partial charge in [0.15, 0.2) is 0 Å². The average molecular weight is 145 g/mol. The Balaban J connectivity index is 3.49. The first kappa shape index (κ1) is 8.90. The van der Waals surface area contributed by atoms with Gasteiger partial charge in [-0.15, -0.1) is 0 Å². The third kappa shape index (κ3) is 3.85. The van der Waals surface area contributed by atoms with Crippen molar-refractivity contribution in [1.29, 1.82) is 0 Å². The molecule has 1 atom stereocenters. The summed E-state index contributed by atoms with van der Waals surface area (Å²) in [4.78, 5) is 20.4. The monoisotopic (exact) mass is 145 g/mol. The molecule has 0 aliphatic rings. The van der Waals surface area contributed by atoms with E-state index in [4.69, 9.17) is 17.2 Å². The quantitative estimate of drug-likeness (QED) is 0.428. The molecular formula is C5H11N3O2. The van der Waals surface area contributed by atoms with Gasteiger partial charge in [0.2, 0.25) is 11.8 Å². The Labute approximate surface area is 58.5 Å². The topological polar surface area (TPSA) is 112 Å². The first-order chi connectivity index (χ1) is 4.54. The van der Waals surface area contributed by atoms with Crippen LogP contribution < -0.4 is 17.2 Å². The van der Waals surface area contributed by atoms with Gasteiger partial charge in [-0.25, -0.2) is 0 Å². The Kier molecular flexibility index (Phi) is 3.42. The van der Waals surface area contributed by atoms with E-state index in [0.717, 1.165) is 0 Å². The second-order valence-corrected chi connectivity index (χ2v) is 2.01. The summed E-state index contributed by atoms with van der Waals surface area (Å²) in [5.74, 6) is -1.09. The lowest BCUT2D eigenvalue weighted by atomic mass is 10.1. The van der Waals surface area contributed by atoms with E-state index in [1.165, 1.54) is 0 Å². The number of amides is 2. The van der Waals surface area contributed by atoms with Crippen molar-refractivity contribution in [3.63, 3.8) is 0 Å². The molecule has 0 spiro atoms. The predicted octanol–water partition coefficient (Wildman–Crippen LogP) is -1.94. The van der Waals surface area contributed by atoms with E-state index in [-0.39, 0.29) is 12.8 Å². The zero-order chi connectivity index (χ0) is 8.15. The van der Waals surface area contributed by atoms with Gasteiger partial charge >= 0.3 is 0 Å². The maximum atomic E-state index is 10.3. The number of rotatable bonds is 4. The predicted molar refractivity (Wildman–Crippen MR) is 35.6 cm³/mol. The maximum Gasteiger partial charge on any atom is 0.234 e. The van der Waals surface area contributed by atoms with Crippen molar-refractivity contribution in [2.45, 2.75) is 18.9 Å². The van der Waals surface area contributed by atoms with Gasteiger partial charge < -0.3 is 17.2 Å². The van der Waals surface area contributed by atoms with Crippen LogP contribution in [0, 0.1) is 0 Å². The lowest BCUT2D eigenvalue weighted by Crippen LogP contribution is -2.37. The first-order valence-electron chi connectivity index (χ1n) is 2.87. The van der Waals surface area contributed by atoms with Crippen LogP contribution in [0.25, 0.3) is 0 Å². The summed E-state index contributed by atoms with van der Waals surface area (Å²) in [5, 5.41) is 0. The molecule has 0 aromatic heterocycles. The number of carbonyl (C=O) groups is 2. The van der Waals surface area contributed by atoms with Gasteiger partial charge in [-0.05, 0) is 6.42 Å². The van der Waals surface area contributed by atoms with E-state index in [0.29, 0.717) is 0 Å². The minimum atomic E-state index is -0.757. The van der Waals surface area contributed by atoms with Crippen molar-refractivity contribution in [1.82, 2.24) is 0 Å². The van der Waals surface area contributed by atoms with E-state index < -0.39 is 17.9 Å². The molecular weight excluding hydrogens is 134 g/mol. The molecule has 0 fully saturated rings. The van der Waals surface area contributed by atoms with Crippen LogP contribution in [0.1, 0.15) is 12.8 Å². The van der Waals surface area contributed by atoms with Crippen LogP contribution in [-0.2, 0) is 9.59 Å². The molecule has 6 N–H and O–H groups in total. The van der Waals surface area contributed by atoms with Gasteiger partial charge in [0, 0.05) is 6.42 Å². The summed E-state index contributed by atoms with van der Waals surface area (Å²) in [6.07, 6.45) is 0.328. The highest BCUT2D eigenvalue weighted by atomic mass is 16.1. The van der Waals surface area contributed by atoms with E-state index in [9.17, 15) is 9.59 Å². The molecule has 0 saturated heterocycles. The van der Waals surface area contributed by atoms with Crippen LogP contribution in [-0.4, -0.2) is 17.9 Å². The summed E-state index contributed by atoms with van der Waals surface area (Å²) in [6.45, 7) is 0. The molecule has 0 saturated carbocycles. The van der Waals surface area contributed by atoms with Gasteiger partial charge in [0.1, 0.15) is 0 Å². The highest BCUT2D eigenvalue weighted by Gasteiger charge is 2.09. The van der Waals surface area contributed by atoms with Crippen molar-refractivity contribution >= 4 is 11.8 Å². The molecule has 2 amide bonds. The lowest BCUT2D eigenvalue weighted by molar-refractivity contribution is -0.120. The van der Waals surface area contributed by atoms with Crippen molar-refractivity contribution in [3.05, 3.63) is 0 Å². The Hall–Kier alpha value is -1.10. The third-order valence-corrected chi connectivity index (χ3v) is 1.07. The van der Waals surface area contributed by atoms with E-state index in [1.807, 2.05) is 0 Å². The minimum absolute atomic E-state index is 0.101. The zero-order valence-electron chi connectivity index (χ0n) is 5.54. The number of nitrogens with two attached hydrogens (primary N) is 3. The van der Waals surface area contributed by atoms with Crippen LogP contribution in [0.4, 0.5) is 0 Å². The van der Waals surface area contributed by atoms with Crippen molar-refractivity contribution in [2.75, 3.05) is 0 Å². The fraction of sp³-hybridized carbons (Fsp3) is 0.600. The Bertz CT molecular complexity index is 146. The molecule has 0 heterocycles. The average Bonchev–Trinajstić information content (AvgIpc) is 1.82. The highest BCUT2D eigenvalue weighted by Crippen LogP contribution is 1.91. The number of hydrogen-bond acceptors (Lipinski definition) is 3. The third-order valence-electron chi connectivity index (χ3n) is 1.07. The van der Waals surface area contributed by atoms with Crippen LogP contribution in [0.2, 0.25) is 0 Å². The summed E-state index contributed by atoms with van der Waals surface area (Å²) in [5.41, 5.74) is 14.8. The Morgan fingerprint density at radius 2 is 1.80 bits per heavy atom.